The van der Waals surface area contributed by atoms with Gasteiger partial charge >= 0.3 is 0 Å². The molecule has 0 bridgehead atoms. The van der Waals surface area contributed by atoms with E-state index in [2.05, 4.69) is 80.7 Å². The summed E-state index contributed by atoms with van der Waals surface area (Å²) >= 11 is 1.42. The van der Waals surface area contributed by atoms with Gasteiger partial charge in [-0.3, -0.25) is 9.36 Å². The predicted molar refractivity (Wildman–Crippen MR) is 151 cm³/mol. The highest BCUT2D eigenvalue weighted by Gasteiger charge is 2.24. The average molecular weight is 510 g/mol. The van der Waals surface area contributed by atoms with Crippen LogP contribution in [0, 0.1) is 6.92 Å². The molecule has 188 valence electrons. The van der Waals surface area contributed by atoms with Crippen molar-refractivity contribution in [1.82, 2.24) is 20.2 Å². The van der Waals surface area contributed by atoms with Gasteiger partial charge in [0.05, 0.1) is 12.0 Å². The van der Waals surface area contributed by atoms with Gasteiger partial charge in [-0.25, -0.2) is 5.43 Å². The SMILES string of the molecule is Cc1ccc(-c2nnc(SCC(=O)N/N=C/c3ccc(-c4ccccc4)cc3)n2C2CCCCC2)cc1. The summed E-state index contributed by atoms with van der Waals surface area (Å²) in [5.41, 5.74) is 8.15. The maximum absolute atomic E-state index is 12.5. The van der Waals surface area contributed by atoms with Gasteiger partial charge in [0, 0.05) is 11.6 Å². The minimum atomic E-state index is -0.169. The van der Waals surface area contributed by atoms with Crippen LogP contribution < -0.4 is 5.43 Å². The highest BCUT2D eigenvalue weighted by atomic mass is 32.2. The van der Waals surface area contributed by atoms with Crippen molar-refractivity contribution in [3.63, 3.8) is 0 Å². The quantitative estimate of drug-likeness (QED) is 0.164. The summed E-state index contributed by atoms with van der Waals surface area (Å²) in [6.07, 6.45) is 7.59. The largest absolute Gasteiger partial charge is 0.299 e. The molecule has 0 saturated heterocycles. The van der Waals surface area contributed by atoms with Gasteiger partial charge in [-0.15, -0.1) is 10.2 Å². The molecule has 5 rings (SSSR count). The molecule has 1 aromatic heterocycles. The topological polar surface area (TPSA) is 72.2 Å². The van der Waals surface area contributed by atoms with Crippen molar-refractivity contribution >= 4 is 23.9 Å². The lowest BCUT2D eigenvalue weighted by Crippen LogP contribution is -2.20. The lowest BCUT2D eigenvalue weighted by atomic mass is 9.95. The number of aromatic nitrogens is 3. The molecule has 1 heterocycles. The van der Waals surface area contributed by atoms with Crippen molar-refractivity contribution in [3.05, 3.63) is 90.0 Å². The van der Waals surface area contributed by atoms with Gasteiger partial charge in [-0.1, -0.05) is 115 Å². The second-order valence-corrected chi connectivity index (χ2v) is 10.3. The molecule has 1 saturated carbocycles. The monoisotopic (exact) mass is 509 g/mol. The van der Waals surface area contributed by atoms with Crippen LogP contribution in [-0.4, -0.2) is 32.6 Å². The second-order valence-electron chi connectivity index (χ2n) is 9.40. The first-order valence-corrected chi connectivity index (χ1v) is 13.8. The molecule has 37 heavy (non-hydrogen) atoms. The predicted octanol–water partition coefficient (Wildman–Crippen LogP) is 6.67. The number of aryl methyl sites for hydroxylation is 1. The lowest BCUT2D eigenvalue weighted by Gasteiger charge is -2.25. The minimum absolute atomic E-state index is 0.169. The van der Waals surface area contributed by atoms with E-state index >= 15 is 0 Å². The van der Waals surface area contributed by atoms with E-state index in [0.29, 0.717) is 6.04 Å². The highest BCUT2D eigenvalue weighted by Crippen LogP contribution is 2.35. The summed E-state index contributed by atoms with van der Waals surface area (Å²) in [5, 5.41) is 14.0. The molecule has 0 aliphatic heterocycles. The first-order chi connectivity index (χ1) is 18.2. The van der Waals surface area contributed by atoms with Crippen LogP contribution in [0.1, 0.15) is 49.3 Å². The van der Waals surface area contributed by atoms with Crippen LogP contribution in [0.3, 0.4) is 0 Å². The molecular formula is C30H31N5OS. The van der Waals surface area contributed by atoms with Crippen LogP contribution in [-0.2, 0) is 4.79 Å². The average Bonchev–Trinajstić information content (AvgIpc) is 3.38. The molecule has 0 spiro atoms. The van der Waals surface area contributed by atoms with Crippen molar-refractivity contribution in [2.24, 2.45) is 5.10 Å². The van der Waals surface area contributed by atoms with E-state index in [9.17, 15) is 4.79 Å². The number of amides is 1. The Bertz CT molecular complexity index is 1340. The molecule has 1 aliphatic carbocycles. The van der Waals surface area contributed by atoms with Crippen LogP contribution in [0.25, 0.3) is 22.5 Å². The first-order valence-electron chi connectivity index (χ1n) is 12.8. The number of nitrogens with one attached hydrogen (secondary N) is 1. The van der Waals surface area contributed by atoms with E-state index < -0.39 is 0 Å². The lowest BCUT2D eigenvalue weighted by molar-refractivity contribution is -0.118. The van der Waals surface area contributed by atoms with Gasteiger partial charge in [-0.05, 0) is 36.5 Å². The molecule has 3 aromatic carbocycles. The normalized spacial score (nSPS) is 14.2. The molecule has 1 fully saturated rings. The van der Waals surface area contributed by atoms with Crippen LogP contribution in [0.15, 0.2) is 89.1 Å². The van der Waals surface area contributed by atoms with Gasteiger partial charge in [-0.2, -0.15) is 5.10 Å². The summed E-state index contributed by atoms with van der Waals surface area (Å²) in [6.45, 7) is 2.08. The van der Waals surface area contributed by atoms with Crippen molar-refractivity contribution in [3.8, 4) is 22.5 Å². The zero-order valence-electron chi connectivity index (χ0n) is 21.0. The summed E-state index contributed by atoms with van der Waals surface area (Å²) in [5.74, 6) is 0.937. The third-order valence-electron chi connectivity index (χ3n) is 6.67. The number of hydrogen-bond acceptors (Lipinski definition) is 5. The van der Waals surface area contributed by atoms with Gasteiger partial charge in [0.15, 0.2) is 11.0 Å². The van der Waals surface area contributed by atoms with Crippen molar-refractivity contribution in [1.29, 1.82) is 0 Å². The number of rotatable bonds is 8. The maximum Gasteiger partial charge on any atom is 0.250 e. The fourth-order valence-corrected chi connectivity index (χ4v) is 5.47. The van der Waals surface area contributed by atoms with Crippen LogP contribution in [0.4, 0.5) is 0 Å². The van der Waals surface area contributed by atoms with E-state index in [1.165, 1.54) is 42.2 Å². The van der Waals surface area contributed by atoms with Gasteiger partial charge in [0.2, 0.25) is 0 Å². The van der Waals surface area contributed by atoms with Crippen molar-refractivity contribution < 1.29 is 4.79 Å². The Morgan fingerprint density at radius 3 is 2.32 bits per heavy atom. The van der Waals surface area contributed by atoms with Crippen molar-refractivity contribution in [2.75, 3.05) is 5.75 Å². The fourth-order valence-electron chi connectivity index (χ4n) is 4.68. The molecule has 0 unspecified atom stereocenters. The molecule has 1 aliphatic rings. The number of hydrazone groups is 1. The standard InChI is InChI=1S/C30H31N5OS/c1-22-12-16-26(17-13-22)29-33-34-30(35(29)27-10-6-3-7-11-27)37-21-28(36)32-31-20-23-14-18-25(19-15-23)24-8-4-2-5-9-24/h2,4-5,8-9,12-20,27H,3,6-7,10-11,21H2,1H3,(H,32,36)/b31-20+. The Kier molecular flexibility index (Phi) is 8.11. The number of carbonyl (C=O) groups excluding carboxylic acids is 1. The molecule has 0 radical (unpaired) electrons. The molecule has 4 aromatic rings. The van der Waals surface area contributed by atoms with Gasteiger partial charge in [0.1, 0.15) is 0 Å². The Hall–Kier alpha value is -3.71. The fraction of sp³-hybridized carbons (Fsp3) is 0.267. The van der Waals surface area contributed by atoms with E-state index in [-0.39, 0.29) is 11.7 Å². The van der Waals surface area contributed by atoms with E-state index in [0.717, 1.165) is 40.5 Å². The number of carbonyl (C=O) groups is 1. The number of hydrogen-bond donors (Lipinski definition) is 1. The first kappa shape index (κ1) is 25.0. The zero-order valence-corrected chi connectivity index (χ0v) is 21.8. The molecule has 7 heteroatoms. The summed E-state index contributed by atoms with van der Waals surface area (Å²) in [6, 6.07) is 27.1. The highest BCUT2D eigenvalue weighted by molar-refractivity contribution is 7.99. The molecule has 6 nitrogen and oxygen atoms in total. The maximum atomic E-state index is 12.5. The smallest absolute Gasteiger partial charge is 0.250 e. The van der Waals surface area contributed by atoms with Crippen LogP contribution in [0.2, 0.25) is 0 Å². The third kappa shape index (κ3) is 6.35. The Labute approximate surface area is 222 Å². The Morgan fingerprint density at radius 1 is 0.919 bits per heavy atom. The van der Waals surface area contributed by atoms with E-state index in [4.69, 9.17) is 0 Å². The van der Waals surface area contributed by atoms with Gasteiger partial charge in [0.25, 0.3) is 5.91 Å². The van der Waals surface area contributed by atoms with Crippen molar-refractivity contribution in [2.45, 2.75) is 50.2 Å². The van der Waals surface area contributed by atoms with Crippen LogP contribution >= 0.6 is 11.8 Å². The third-order valence-corrected chi connectivity index (χ3v) is 7.61. The summed E-state index contributed by atoms with van der Waals surface area (Å²) < 4.78 is 2.25. The molecule has 1 amide bonds. The Morgan fingerprint density at radius 2 is 1.59 bits per heavy atom. The number of benzene rings is 3. The zero-order chi connectivity index (χ0) is 25.5. The second kappa shape index (κ2) is 12.0. The van der Waals surface area contributed by atoms with E-state index in [1.807, 2.05) is 30.3 Å². The molecule has 1 N–H and O–H groups in total. The van der Waals surface area contributed by atoms with E-state index in [1.54, 1.807) is 6.21 Å². The van der Waals surface area contributed by atoms with Crippen LogP contribution in [0.5, 0.6) is 0 Å². The summed E-state index contributed by atoms with van der Waals surface area (Å²) in [4.78, 5) is 12.5. The number of thioether (sulfide) groups is 1. The molecular weight excluding hydrogens is 478 g/mol. The Balaban J connectivity index is 1.21. The summed E-state index contributed by atoms with van der Waals surface area (Å²) in [7, 11) is 0. The van der Waals surface area contributed by atoms with Gasteiger partial charge < -0.3 is 0 Å². The minimum Gasteiger partial charge on any atom is -0.299 e. The molecule has 0 atom stereocenters. The number of nitrogens with zero attached hydrogens (tertiary/aromatic N) is 4.